The molecular formula is C14H10BrF2N3O3. The van der Waals surface area contributed by atoms with Crippen LogP contribution in [0.25, 0.3) is 0 Å². The number of nitrogens with one attached hydrogen (secondary N) is 1. The second kappa shape index (κ2) is 7.23. The normalized spacial score (nSPS) is 10.3. The van der Waals surface area contributed by atoms with Crippen molar-refractivity contribution < 1.29 is 23.1 Å². The quantitative estimate of drug-likeness (QED) is 0.817. The molecule has 0 aliphatic carbocycles. The first kappa shape index (κ1) is 16.9. The van der Waals surface area contributed by atoms with E-state index in [4.69, 9.17) is 0 Å². The second-order valence-corrected chi connectivity index (χ2v) is 5.23. The van der Waals surface area contributed by atoms with Gasteiger partial charge in [0.2, 0.25) is 5.91 Å². The third kappa shape index (κ3) is 4.07. The van der Waals surface area contributed by atoms with Crippen molar-refractivity contribution in [3.63, 3.8) is 0 Å². The summed E-state index contributed by atoms with van der Waals surface area (Å²) in [4.78, 5) is 31.0. The van der Waals surface area contributed by atoms with Crippen molar-refractivity contribution in [2.24, 2.45) is 0 Å². The zero-order valence-electron chi connectivity index (χ0n) is 11.8. The molecule has 6 nitrogen and oxygen atoms in total. The van der Waals surface area contributed by atoms with Crippen LogP contribution in [0.4, 0.5) is 14.6 Å². The molecule has 1 aromatic carbocycles. The molecule has 0 aliphatic rings. The van der Waals surface area contributed by atoms with Gasteiger partial charge in [-0.15, -0.1) is 0 Å². The fourth-order valence-electron chi connectivity index (χ4n) is 1.75. The number of carbonyl (C=O) groups excluding carboxylic acids is 2. The molecule has 0 aliphatic heterocycles. The monoisotopic (exact) mass is 385 g/mol. The minimum absolute atomic E-state index is 0.151. The second-order valence-electron chi connectivity index (χ2n) is 4.32. The average Bonchev–Trinajstić information content (AvgIpc) is 2.50. The van der Waals surface area contributed by atoms with Gasteiger partial charge >= 0.3 is 5.97 Å². The van der Waals surface area contributed by atoms with Crippen molar-refractivity contribution in [3.05, 3.63) is 51.9 Å². The van der Waals surface area contributed by atoms with Gasteiger partial charge in [0.25, 0.3) is 0 Å². The summed E-state index contributed by atoms with van der Waals surface area (Å²) >= 11 is 2.95. The van der Waals surface area contributed by atoms with Crippen LogP contribution >= 0.6 is 15.9 Å². The molecule has 0 spiro atoms. The lowest BCUT2D eigenvalue weighted by Gasteiger charge is -2.09. The van der Waals surface area contributed by atoms with Crippen LogP contribution in [0.3, 0.4) is 0 Å². The molecule has 2 aromatic rings. The Morgan fingerprint density at radius 2 is 1.83 bits per heavy atom. The van der Waals surface area contributed by atoms with E-state index >= 15 is 0 Å². The Morgan fingerprint density at radius 3 is 2.43 bits per heavy atom. The molecule has 0 atom stereocenters. The molecule has 0 saturated carbocycles. The molecule has 1 N–H and O–H groups in total. The number of aromatic nitrogens is 2. The van der Waals surface area contributed by atoms with Gasteiger partial charge in [0.05, 0.1) is 13.5 Å². The molecule has 1 amide bonds. The van der Waals surface area contributed by atoms with Crippen LogP contribution in [0, 0.1) is 11.6 Å². The third-order valence-corrected chi connectivity index (χ3v) is 3.24. The lowest BCUT2D eigenvalue weighted by molar-refractivity contribution is -0.115. The average molecular weight is 386 g/mol. The number of ether oxygens (including phenoxy) is 1. The number of methoxy groups -OCH3 is 1. The number of amides is 1. The Balaban J connectivity index is 2.20. The highest BCUT2D eigenvalue weighted by Gasteiger charge is 2.19. The summed E-state index contributed by atoms with van der Waals surface area (Å²) in [7, 11) is 1.15. The zero-order chi connectivity index (χ0) is 17.0. The number of esters is 1. The number of benzene rings is 1. The third-order valence-electron chi connectivity index (χ3n) is 2.78. The van der Waals surface area contributed by atoms with Gasteiger partial charge in [0.15, 0.2) is 11.5 Å². The summed E-state index contributed by atoms with van der Waals surface area (Å²) < 4.78 is 32.2. The summed E-state index contributed by atoms with van der Waals surface area (Å²) in [5.41, 5.74) is -0.602. The van der Waals surface area contributed by atoms with E-state index in [9.17, 15) is 18.4 Å². The molecule has 23 heavy (non-hydrogen) atoms. The van der Waals surface area contributed by atoms with Crippen molar-refractivity contribution >= 4 is 33.6 Å². The first-order valence-corrected chi connectivity index (χ1v) is 7.04. The molecule has 0 unspecified atom stereocenters. The minimum atomic E-state index is -0.862. The number of anilines is 1. The van der Waals surface area contributed by atoms with Crippen LogP contribution in [0.2, 0.25) is 0 Å². The lowest BCUT2D eigenvalue weighted by Crippen LogP contribution is -2.20. The highest BCUT2D eigenvalue weighted by atomic mass is 79.9. The summed E-state index contributed by atoms with van der Waals surface area (Å²) in [6, 6.07) is 2.10. The summed E-state index contributed by atoms with van der Waals surface area (Å²) in [5, 5.41) is 2.28. The summed E-state index contributed by atoms with van der Waals surface area (Å²) in [6.07, 6.45) is 1.93. The van der Waals surface area contributed by atoms with E-state index in [0.717, 1.165) is 19.2 Å². The highest BCUT2D eigenvalue weighted by Crippen LogP contribution is 2.20. The Bertz CT molecular complexity index is 748. The predicted molar refractivity (Wildman–Crippen MR) is 79.8 cm³/mol. The molecular weight excluding hydrogens is 376 g/mol. The van der Waals surface area contributed by atoms with E-state index in [1.165, 1.54) is 12.4 Å². The van der Waals surface area contributed by atoms with Crippen molar-refractivity contribution in [3.8, 4) is 0 Å². The maximum atomic E-state index is 13.7. The maximum absolute atomic E-state index is 13.7. The number of halogens is 3. The first-order valence-electron chi connectivity index (χ1n) is 6.25. The van der Waals surface area contributed by atoms with Crippen molar-refractivity contribution in [1.29, 1.82) is 0 Å². The van der Waals surface area contributed by atoms with Crippen LogP contribution in [-0.2, 0) is 16.0 Å². The van der Waals surface area contributed by atoms with Gasteiger partial charge in [-0.25, -0.2) is 23.5 Å². The molecule has 0 bridgehead atoms. The van der Waals surface area contributed by atoms with Crippen LogP contribution in [0.5, 0.6) is 0 Å². The minimum Gasteiger partial charge on any atom is -0.464 e. The molecule has 0 fully saturated rings. The Labute approximate surface area is 138 Å². The summed E-state index contributed by atoms with van der Waals surface area (Å²) in [5.74, 6) is -3.42. The van der Waals surface area contributed by atoms with Gasteiger partial charge in [-0.3, -0.25) is 4.79 Å². The first-order chi connectivity index (χ1) is 10.9. The van der Waals surface area contributed by atoms with E-state index in [-0.39, 0.29) is 16.0 Å². The Hall–Kier alpha value is -2.42. The van der Waals surface area contributed by atoms with Gasteiger partial charge in [0, 0.05) is 22.4 Å². The maximum Gasteiger partial charge on any atom is 0.360 e. The van der Waals surface area contributed by atoms with Gasteiger partial charge in [0.1, 0.15) is 11.6 Å². The topological polar surface area (TPSA) is 81.2 Å². The van der Waals surface area contributed by atoms with Crippen molar-refractivity contribution in [1.82, 2.24) is 9.97 Å². The predicted octanol–water partition coefficient (Wildman–Crippen LogP) is 2.49. The number of nitrogens with zero attached hydrogens (tertiary/aromatic N) is 2. The van der Waals surface area contributed by atoms with E-state index in [1.54, 1.807) is 0 Å². The molecule has 2 rings (SSSR count). The van der Waals surface area contributed by atoms with Crippen LogP contribution in [-0.4, -0.2) is 29.0 Å². The smallest absolute Gasteiger partial charge is 0.360 e. The van der Waals surface area contributed by atoms with E-state index in [2.05, 4.69) is 36.0 Å². The standard InChI is InChI=1S/C14H10BrF2N3O3/c1-23-14(22)12-13(19-3-2-18-12)20-11(21)6-8-9(16)4-7(15)5-10(8)17/h2-5H,6H2,1H3,(H,19,20,21). The zero-order valence-corrected chi connectivity index (χ0v) is 13.4. The number of carbonyl (C=O) groups is 2. The van der Waals surface area contributed by atoms with E-state index in [0.29, 0.717) is 0 Å². The SMILES string of the molecule is COC(=O)c1nccnc1NC(=O)Cc1c(F)cc(Br)cc1F. The highest BCUT2D eigenvalue weighted by molar-refractivity contribution is 9.10. The molecule has 9 heteroatoms. The van der Waals surface area contributed by atoms with Gasteiger partial charge in [-0.1, -0.05) is 15.9 Å². The van der Waals surface area contributed by atoms with Crippen LogP contribution in [0.15, 0.2) is 29.0 Å². The Kier molecular flexibility index (Phi) is 5.32. The number of rotatable bonds is 4. The fourth-order valence-corrected chi connectivity index (χ4v) is 2.16. The lowest BCUT2D eigenvalue weighted by atomic mass is 10.1. The fraction of sp³-hybridized carbons (Fsp3) is 0.143. The molecule has 1 aromatic heterocycles. The molecule has 0 radical (unpaired) electrons. The van der Waals surface area contributed by atoms with Gasteiger partial charge in [-0.2, -0.15) is 0 Å². The van der Waals surface area contributed by atoms with Crippen LogP contribution < -0.4 is 5.32 Å². The molecule has 120 valence electrons. The number of hydrogen-bond acceptors (Lipinski definition) is 5. The van der Waals surface area contributed by atoms with E-state index < -0.39 is 35.5 Å². The molecule has 1 heterocycles. The summed E-state index contributed by atoms with van der Waals surface area (Å²) in [6.45, 7) is 0. The van der Waals surface area contributed by atoms with Gasteiger partial charge in [-0.05, 0) is 12.1 Å². The molecule has 0 saturated heterocycles. The largest absolute Gasteiger partial charge is 0.464 e. The van der Waals surface area contributed by atoms with Crippen LogP contribution in [0.1, 0.15) is 16.1 Å². The van der Waals surface area contributed by atoms with Gasteiger partial charge < -0.3 is 10.1 Å². The van der Waals surface area contributed by atoms with Crippen molar-refractivity contribution in [2.75, 3.05) is 12.4 Å². The Morgan fingerprint density at radius 1 is 1.22 bits per heavy atom. The van der Waals surface area contributed by atoms with Crippen molar-refractivity contribution in [2.45, 2.75) is 6.42 Å². The van der Waals surface area contributed by atoms with E-state index in [1.807, 2.05) is 0 Å². The number of hydrogen-bond donors (Lipinski definition) is 1.